The first kappa shape index (κ1) is 14.9. The van der Waals surface area contributed by atoms with E-state index in [4.69, 9.17) is 9.47 Å². The second kappa shape index (κ2) is 7.34. The van der Waals surface area contributed by atoms with Crippen LogP contribution < -0.4 is 9.47 Å². The fourth-order valence-electron chi connectivity index (χ4n) is 2.56. The number of hydrogen-bond acceptors (Lipinski definition) is 3. The molecule has 0 bridgehead atoms. The Morgan fingerprint density at radius 1 is 1.10 bits per heavy atom. The lowest BCUT2D eigenvalue weighted by molar-refractivity contribution is 0.207. The highest BCUT2D eigenvalue weighted by molar-refractivity contribution is 5.45. The summed E-state index contributed by atoms with van der Waals surface area (Å²) in [5.74, 6) is 1.45. The van der Waals surface area contributed by atoms with Gasteiger partial charge in [-0.2, -0.15) is 0 Å². The molecule has 3 heteroatoms. The number of hydrogen-bond donors (Lipinski definition) is 1. The van der Waals surface area contributed by atoms with Gasteiger partial charge in [-0.25, -0.2) is 0 Å². The summed E-state index contributed by atoms with van der Waals surface area (Å²) < 4.78 is 11.2. The van der Waals surface area contributed by atoms with Crippen molar-refractivity contribution in [1.29, 1.82) is 0 Å². The third kappa shape index (κ3) is 3.54. The maximum absolute atomic E-state index is 10.5. The highest BCUT2D eigenvalue weighted by Crippen LogP contribution is 2.35. The predicted octanol–water partition coefficient (Wildman–Crippen LogP) is 4.02. The van der Waals surface area contributed by atoms with Gasteiger partial charge in [0.15, 0.2) is 11.5 Å². The Balaban J connectivity index is 2.22. The maximum atomic E-state index is 10.5. The zero-order chi connectivity index (χ0) is 14.4. The molecule has 110 valence electrons. The largest absolute Gasteiger partial charge is 0.490 e. The molecule has 0 saturated carbocycles. The number of ether oxygens (including phenoxy) is 2. The monoisotopic (exact) mass is 276 g/mol. The van der Waals surface area contributed by atoms with Crippen molar-refractivity contribution in [2.75, 3.05) is 13.2 Å². The molecule has 0 radical (unpaired) electrons. The summed E-state index contributed by atoms with van der Waals surface area (Å²) >= 11 is 0. The number of allylic oxidation sites excluding steroid dienone is 1. The molecule has 1 aromatic carbocycles. The summed E-state index contributed by atoms with van der Waals surface area (Å²) in [6, 6.07) is 5.71. The van der Waals surface area contributed by atoms with Gasteiger partial charge in [-0.05, 0) is 62.8 Å². The summed E-state index contributed by atoms with van der Waals surface area (Å²) in [4.78, 5) is 0. The van der Waals surface area contributed by atoms with E-state index in [9.17, 15) is 5.11 Å². The van der Waals surface area contributed by atoms with Gasteiger partial charge < -0.3 is 14.6 Å². The van der Waals surface area contributed by atoms with E-state index in [1.54, 1.807) is 0 Å². The lowest BCUT2D eigenvalue weighted by Crippen LogP contribution is -2.06. The molecular formula is C17H24O3. The van der Waals surface area contributed by atoms with Crippen LogP contribution in [-0.4, -0.2) is 18.3 Å². The Bertz CT molecular complexity index is 465. The van der Waals surface area contributed by atoms with Gasteiger partial charge in [0, 0.05) is 0 Å². The molecule has 1 aliphatic carbocycles. The van der Waals surface area contributed by atoms with Gasteiger partial charge >= 0.3 is 0 Å². The molecule has 2 rings (SSSR count). The molecule has 1 aliphatic rings. The normalized spacial score (nSPS) is 16.4. The minimum Gasteiger partial charge on any atom is -0.490 e. The van der Waals surface area contributed by atoms with E-state index in [2.05, 4.69) is 6.08 Å². The minimum atomic E-state index is -0.523. The van der Waals surface area contributed by atoms with E-state index < -0.39 is 6.10 Å². The first-order chi connectivity index (χ1) is 9.76. The van der Waals surface area contributed by atoms with Crippen LogP contribution in [0.2, 0.25) is 0 Å². The highest BCUT2D eigenvalue weighted by atomic mass is 16.5. The first-order valence-electron chi connectivity index (χ1n) is 7.52. The van der Waals surface area contributed by atoms with Crippen molar-refractivity contribution in [3.8, 4) is 11.5 Å². The molecule has 0 aliphatic heterocycles. The van der Waals surface area contributed by atoms with Gasteiger partial charge in [-0.15, -0.1) is 0 Å². The molecule has 3 nitrogen and oxygen atoms in total. The van der Waals surface area contributed by atoms with E-state index in [-0.39, 0.29) is 0 Å². The van der Waals surface area contributed by atoms with Gasteiger partial charge in [0.2, 0.25) is 0 Å². The van der Waals surface area contributed by atoms with E-state index in [1.807, 2.05) is 32.0 Å². The molecule has 0 fully saturated rings. The Morgan fingerprint density at radius 2 is 1.85 bits per heavy atom. The number of rotatable bonds is 6. The van der Waals surface area contributed by atoms with Crippen LogP contribution in [0.3, 0.4) is 0 Å². The van der Waals surface area contributed by atoms with Crippen LogP contribution in [-0.2, 0) is 0 Å². The molecule has 0 amide bonds. The van der Waals surface area contributed by atoms with Gasteiger partial charge in [-0.1, -0.05) is 12.1 Å². The zero-order valence-electron chi connectivity index (χ0n) is 12.4. The fraction of sp³-hybridized carbons (Fsp3) is 0.529. The third-order valence-corrected chi connectivity index (χ3v) is 3.56. The van der Waals surface area contributed by atoms with Crippen LogP contribution in [0.4, 0.5) is 0 Å². The standard InChI is InChI=1S/C17H24O3/c1-3-19-15-11-10-14(12-16(15)20-4-2)17(18)13-8-6-5-7-9-13/h8,10-12,17-18H,3-7,9H2,1-2H3. The maximum Gasteiger partial charge on any atom is 0.161 e. The Hall–Kier alpha value is -1.48. The second-order valence-corrected chi connectivity index (χ2v) is 5.00. The molecule has 1 unspecified atom stereocenters. The molecular weight excluding hydrogens is 252 g/mol. The summed E-state index contributed by atoms with van der Waals surface area (Å²) in [6.07, 6.45) is 6.10. The molecule has 0 spiro atoms. The van der Waals surface area contributed by atoms with Crippen molar-refractivity contribution in [1.82, 2.24) is 0 Å². The van der Waals surface area contributed by atoms with E-state index in [1.165, 1.54) is 6.42 Å². The van der Waals surface area contributed by atoms with Crippen LogP contribution in [0.15, 0.2) is 29.8 Å². The van der Waals surface area contributed by atoms with Crippen molar-refractivity contribution in [2.45, 2.75) is 45.6 Å². The lowest BCUT2D eigenvalue weighted by Gasteiger charge is -2.20. The summed E-state index contributed by atoms with van der Waals surface area (Å²) in [6.45, 7) is 5.09. The van der Waals surface area contributed by atoms with Crippen LogP contribution in [0.25, 0.3) is 0 Å². The molecule has 0 aromatic heterocycles. The molecule has 1 atom stereocenters. The van der Waals surface area contributed by atoms with Crippen LogP contribution in [0, 0.1) is 0 Å². The number of aliphatic hydroxyl groups excluding tert-OH is 1. The average molecular weight is 276 g/mol. The highest BCUT2D eigenvalue weighted by Gasteiger charge is 2.17. The molecule has 1 N–H and O–H groups in total. The third-order valence-electron chi connectivity index (χ3n) is 3.56. The van der Waals surface area contributed by atoms with Crippen molar-refractivity contribution in [3.63, 3.8) is 0 Å². The van der Waals surface area contributed by atoms with Gasteiger partial charge in [0.25, 0.3) is 0 Å². The number of benzene rings is 1. The second-order valence-electron chi connectivity index (χ2n) is 5.00. The zero-order valence-corrected chi connectivity index (χ0v) is 12.4. The van der Waals surface area contributed by atoms with Gasteiger partial charge in [0.05, 0.1) is 13.2 Å². The van der Waals surface area contributed by atoms with Crippen molar-refractivity contribution >= 4 is 0 Å². The lowest BCUT2D eigenvalue weighted by atomic mass is 9.91. The predicted molar refractivity (Wildman–Crippen MR) is 80.3 cm³/mol. The summed E-state index contributed by atoms with van der Waals surface area (Å²) in [7, 11) is 0. The summed E-state index contributed by atoms with van der Waals surface area (Å²) in [5, 5.41) is 10.5. The molecule has 20 heavy (non-hydrogen) atoms. The van der Waals surface area contributed by atoms with Crippen LogP contribution in [0.5, 0.6) is 11.5 Å². The van der Waals surface area contributed by atoms with E-state index >= 15 is 0 Å². The molecule has 1 aromatic rings. The van der Waals surface area contributed by atoms with Crippen LogP contribution >= 0.6 is 0 Å². The average Bonchev–Trinajstić information content (AvgIpc) is 2.50. The number of aliphatic hydroxyl groups is 1. The molecule has 0 saturated heterocycles. The topological polar surface area (TPSA) is 38.7 Å². The van der Waals surface area contributed by atoms with E-state index in [0.717, 1.165) is 36.1 Å². The fourth-order valence-corrected chi connectivity index (χ4v) is 2.56. The Labute approximate surface area is 121 Å². The van der Waals surface area contributed by atoms with Crippen molar-refractivity contribution < 1.29 is 14.6 Å². The molecule has 0 heterocycles. The van der Waals surface area contributed by atoms with Gasteiger partial charge in [0.1, 0.15) is 6.10 Å². The summed E-state index contributed by atoms with van der Waals surface area (Å²) in [5.41, 5.74) is 2.01. The van der Waals surface area contributed by atoms with Crippen LogP contribution in [0.1, 0.15) is 51.2 Å². The Kier molecular flexibility index (Phi) is 5.48. The smallest absolute Gasteiger partial charge is 0.161 e. The van der Waals surface area contributed by atoms with Crippen molar-refractivity contribution in [2.24, 2.45) is 0 Å². The quantitative estimate of drug-likeness (QED) is 0.798. The Morgan fingerprint density at radius 3 is 2.50 bits per heavy atom. The minimum absolute atomic E-state index is 0.523. The SMILES string of the molecule is CCOc1ccc(C(O)C2=CCCCC2)cc1OCC. The van der Waals surface area contributed by atoms with E-state index in [0.29, 0.717) is 19.0 Å². The van der Waals surface area contributed by atoms with Crippen molar-refractivity contribution in [3.05, 3.63) is 35.4 Å². The van der Waals surface area contributed by atoms with Gasteiger partial charge in [-0.3, -0.25) is 0 Å². The first-order valence-corrected chi connectivity index (χ1v) is 7.52.